The van der Waals surface area contributed by atoms with E-state index in [1.54, 1.807) is 6.92 Å². The molecule has 0 aromatic heterocycles. The van der Waals surface area contributed by atoms with Crippen LogP contribution in [0.2, 0.25) is 0 Å². The van der Waals surface area contributed by atoms with Crippen LogP contribution < -0.4 is 10.6 Å². The Labute approximate surface area is 163 Å². The molecular weight excluding hydrogens is 352 g/mol. The molecule has 8 heteroatoms. The van der Waals surface area contributed by atoms with Crippen LogP contribution in [-0.4, -0.2) is 69.8 Å². The van der Waals surface area contributed by atoms with E-state index in [2.05, 4.69) is 10.6 Å². The Hall–Kier alpha value is -1.51. The normalized spacial score (nSPS) is 10.1. The molecule has 0 rings (SSSR count). The van der Waals surface area contributed by atoms with Gasteiger partial charge in [0.15, 0.2) is 5.78 Å². The lowest BCUT2D eigenvalue weighted by Crippen LogP contribution is -2.32. The van der Waals surface area contributed by atoms with Crippen molar-refractivity contribution in [3.8, 4) is 0 Å². The summed E-state index contributed by atoms with van der Waals surface area (Å²) in [6, 6.07) is 0. The molecule has 0 spiro atoms. The number of hydrogen-bond acceptors (Lipinski definition) is 6. The predicted octanol–water partition coefficient (Wildman–Crippen LogP) is 1.46. The first-order valence-electron chi connectivity index (χ1n) is 9.77. The summed E-state index contributed by atoms with van der Waals surface area (Å²) in [5.41, 5.74) is 0. The van der Waals surface area contributed by atoms with Crippen LogP contribution in [0.15, 0.2) is 0 Å². The zero-order chi connectivity index (χ0) is 20.9. The van der Waals surface area contributed by atoms with Gasteiger partial charge in [-0.2, -0.15) is 0 Å². The van der Waals surface area contributed by atoms with Gasteiger partial charge in [-0.05, 0) is 13.8 Å². The third kappa shape index (κ3) is 22.4. The van der Waals surface area contributed by atoms with E-state index in [0.29, 0.717) is 39.4 Å². The van der Waals surface area contributed by atoms with Crippen LogP contribution in [0.5, 0.6) is 0 Å². The molecular formula is C19H38N2O6. The van der Waals surface area contributed by atoms with Crippen LogP contribution in [-0.2, 0) is 28.6 Å². The number of carbonyl (C=O) groups is 3. The van der Waals surface area contributed by atoms with E-state index in [1.165, 1.54) is 0 Å². The minimum atomic E-state index is -0.173. The van der Waals surface area contributed by atoms with Gasteiger partial charge in [0.2, 0.25) is 11.8 Å². The molecule has 27 heavy (non-hydrogen) atoms. The van der Waals surface area contributed by atoms with Gasteiger partial charge in [0.25, 0.3) is 0 Å². The quantitative estimate of drug-likeness (QED) is 0.387. The zero-order valence-corrected chi connectivity index (χ0v) is 17.6. The number of hydrogen-bond donors (Lipinski definition) is 2. The average molecular weight is 391 g/mol. The number of amides is 2. The van der Waals surface area contributed by atoms with Gasteiger partial charge in [0.1, 0.15) is 6.61 Å². The summed E-state index contributed by atoms with van der Waals surface area (Å²) >= 11 is 0. The van der Waals surface area contributed by atoms with Crippen molar-refractivity contribution in [3.05, 3.63) is 0 Å². The highest BCUT2D eigenvalue weighted by Gasteiger charge is 2.05. The Kier molecular flexibility index (Phi) is 21.3. The molecule has 2 N–H and O–H groups in total. The van der Waals surface area contributed by atoms with Crippen LogP contribution in [0, 0.1) is 0 Å². The van der Waals surface area contributed by atoms with Gasteiger partial charge >= 0.3 is 0 Å². The third-order valence-corrected chi connectivity index (χ3v) is 3.05. The topological polar surface area (TPSA) is 103 Å². The molecule has 0 fully saturated rings. The van der Waals surface area contributed by atoms with Crippen molar-refractivity contribution in [2.24, 2.45) is 0 Å². The Morgan fingerprint density at radius 3 is 2.07 bits per heavy atom. The lowest BCUT2D eigenvalue weighted by Gasteiger charge is -2.09. The Balaban J connectivity index is 0. The number of rotatable bonds is 16. The zero-order valence-electron chi connectivity index (χ0n) is 17.6. The van der Waals surface area contributed by atoms with Gasteiger partial charge in [-0.3, -0.25) is 14.4 Å². The van der Waals surface area contributed by atoms with Gasteiger partial charge in [0.05, 0.1) is 32.5 Å². The Morgan fingerprint density at radius 1 is 0.815 bits per heavy atom. The van der Waals surface area contributed by atoms with Crippen LogP contribution in [0.1, 0.15) is 53.9 Å². The first-order valence-corrected chi connectivity index (χ1v) is 9.77. The van der Waals surface area contributed by atoms with Crippen LogP contribution in [0.4, 0.5) is 0 Å². The van der Waals surface area contributed by atoms with Crippen molar-refractivity contribution in [1.82, 2.24) is 10.6 Å². The van der Waals surface area contributed by atoms with Gasteiger partial charge in [-0.25, -0.2) is 0 Å². The number of Topliss-reactive ketones (excluding diaryl/α,β-unsaturated/α-hetero) is 1. The van der Waals surface area contributed by atoms with E-state index < -0.39 is 0 Å². The number of ether oxygens (including phenoxy) is 3. The summed E-state index contributed by atoms with van der Waals surface area (Å²) in [4.78, 5) is 34.1. The van der Waals surface area contributed by atoms with Crippen LogP contribution in [0.25, 0.3) is 0 Å². The highest BCUT2D eigenvalue weighted by Crippen LogP contribution is 1.89. The number of nitrogens with one attached hydrogen (secondary N) is 2. The third-order valence-electron chi connectivity index (χ3n) is 3.05. The second-order valence-corrected chi connectivity index (χ2v) is 5.68. The maximum Gasteiger partial charge on any atom is 0.222 e. The molecule has 0 aliphatic carbocycles. The molecule has 0 saturated heterocycles. The highest BCUT2D eigenvalue weighted by atomic mass is 16.5. The van der Waals surface area contributed by atoms with Gasteiger partial charge in [-0.1, -0.05) is 20.8 Å². The molecule has 0 bridgehead atoms. The van der Waals surface area contributed by atoms with E-state index in [4.69, 9.17) is 14.2 Å². The summed E-state index contributed by atoms with van der Waals surface area (Å²) in [5, 5.41) is 5.32. The van der Waals surface area contributed by atoms with Crippen molar-refractivity contribution in [3.63, 3.8) is 0 Å². The largest absolute Gasteiger partial charge is 0.379 e. The van der Waals surface area contributed by atoms with Crippen molar-refractivity contribution >= 4 is 17.6 Å². The minimum Gasteiger partial charge on any atom is -0.379 e. The van der Waals surface area contributed by atoms with Gasteiger partial charge in [-0.15, -0.1) is 0 Å². The monoisotopic (exact) mass is 390 g/mol. The maximum absolute atomic E-state index is 11.6. The SMILES string of the molecule is CC.CCC(=O)COCCNC(=O)CCNC(=O)CCOCCOC(C)C. The fraction of sp³-hybridized carbons (Fsp3) is 0.842. The summed E-state index contributed by atoms with van der Waals surface area (Å²) in [6.45, 7) is 12.0. The molecule has 0 aromatic carbocycles. The van der Waals surface area contributed by atoms with Crippen molar-refractivity contribution < 1.29 is 28.6 Å². The number of ketones is 1. The van der Waals surface area contributed by atoms with Crippen molar-refractivity contribution in [1.29, 1.82) is 0 Å². The predicted molar refractivity (Wildman–Crippen MR) is 105 cm³/mol. The second kappa shape index (κ2) is 20.8. The molecule has 0 saturated carbocycles. The molecule has 0 aliphatic rings. The summed E-state index contributed by atoms with van der Waals surface area (Å²) in [7, 11) is 0. The summed E-state index contributed by atoms with van der Waals surface area (Å²) < 4.78 is 15.7. The standard InChI is InChI=1S/C17H32N2O6.C2H6/c1-4-15(20)13-24-10-8-19-16(21)5-7-18-17(22)6-9-23-11-12-25-14(2)3;1-2/h14H,4-13H2,1-3H3,(H,18,22)(H,19,21);1-2H3. The van der Waals surface area contributed by atoms with Crippen molar-refractivity contribution in [2.45, 2.75) is 60.0 Å². The van der Waals surface area contributed by atoms with E-state index in [1.807, 2.05) is 27.7 Å². The lowest BCUT2D eigenvalue weighted by atomic mass is 10.3. The molecule has 2 amide bonds. The second-order valence-electron chi connectivity index (χ2n) is 5.68. The Bertz CT molecular complexity index is 388. The van der Waals surface area contributed by atoms with Gasteiger partial charge < -0.3 is 24.8 Å². The molecule has 0 aliphatic heterocycles. The molecule has 160 valence electrons. The fourth-order valence-corrected chi connectivity index (χ4v) is 1.65. The average Bonchev–Trinajstić information content (AvgIpc) is 2.65. The van der Waals surface area contributed by atoms with E-state index in [0.717, 1.165) is 0 Å². The molecule has 0 unspecified atom stereocenters. The minimum absolute atomic E-state index is 0.0328. The van der Waals surface area contributed by atoms with E-state index in [9.17, 15) is 14.4 Å². The lowest BCUT2D eigenvalue weighted by molar-refractivity contribution is -0.123. The maximum atomic E-state index is 11.6. The van der Waals surface area contributed by atoms with Gasteiger partial charge in [0, 0.05) is 32.4 Å². The first kappa shape index (κ1) is 27.7. The van der Waals surface area contributed by atoms with Crippen LogP contribution >= 0.6 is 0 Å². The Morgan fingerprint density at radius 2 is 1.44 bits per heavy atom. The van der Waals surface area contributed by atoms with Crippen molar-refractivity contribution in [2.75, 3.05) is 46.1 Å². The smallest absolute Gasteiger partial charge is 0.222 e. The molecule has 0 heterocycles. The first-order chi connectivity index (χ1) is 13.0. The molecule has 0 radical (unpaired) electrons. The number of carbonyl (C=O) groups excluding carboxylic acids is 3. The summed E-state index contributed by atoms with van der Waals surface area (Å²) in [6.07, 6.45) is 1.07. The summed E-state index contributed by atoms with van der Waals surface area (Å²) in [5.74, 6) is -0.294. The van der Waals surface area contributed by atoms with Crippen LogP contribution in [0.3, 0.4) is 0 Å². The molecule has 8 nitrogen and oxygen atoms in total. The fourth-order valence-electron chi connectivity index (χ4n) is 1.65. The molecule has 0 aromatic rings. The molecule has 0 atom stereocenters. The van der Waals surface area contributed by atoms with E-state index >= 15 is 0 Å². The van der Waals surface area contributed by atoms with E-state index in [-0.39, 0.29) is 49.7 Å². The highest BCUT2D eigenvalue weighted by molar-refractivity contribution is 5.79.